The van der Waals surface area contributed by atoms with Gasteiger partial charge in [0.05, 0.1) is 0 Å². The van der Waals surface area contributed by atoms with Gasteiger partial charge in [0.15, 0.2) is 0 Å². The van der Waals surface area contributed by atoms with Crippen molar-refractivity contribution in [2.75, 3.05) is 0 Å². The molecule has 0 amide bonds. The van der Waals surface area contributed by atoms with E-state index in [9.17, 15) is 0 Å². The molecular formula is C11H20N2. The van der Waals surface area contributed by atoms with E-state index in [1.807, 2.05) is 0 Å². The van der Waals surface area contributed by atoms with Gasteiger partial charge in [0.1, 0.15) is 0 Å². The maximum Gasteiger partial charge on any atom is 0.0150 e. The van der Waals surface area contributed by atoms with Crippen LogP contribution < -0.4 is 5.73 Å². The van der Waals surface area contributed by atoms with Crippen molar-refractivity contribution >= 4 is 0 Å². The summed E-state index contributed by atoms with van der Waals surface area (Å²) in [5, 5.41) is 0. The average molecular weight is 180 g/mol. The Balaban J connectivity index is 2.59. The van der Waals surface area contributed by atoms with E-state index < -0.39 is 0 Å². The molecule has 1 rings (SSSR count). The summed E-state index contributed by atoms with van der Waals surface area (Å²) in [4.78, 5) is 3.30. The highest BCUT2D eigenvalue weighted by atomic mass is 14.7. The zero-order chi connectivity index (χ0) is 10.1. The van der Waals surface area contributed by atoms with E-state index in [1.54, 1.807) is 0 Å². The van der Waals surface area contributed by atoms with Crippen molar-refractivity contribution in [3.63, 3.8) is 0 Å². The lowest BCUT2D eigenvalue weighted by molar-refractivity contribution is 0.476. The van der Waals surface area contributed by atoms with E-state index in [-0.39, 0.29) is 5.54 Å². The van der Waals surface area contributed by atoms with Crippen molar-refractivity contribution in [1.29, 1.82) is 0 Å². The predicted octanol–water partition coefficient (Wildman–Crippen LogP) is 2.30. The molecule has 0 radical (unpaired) electrons. The number of aryl methyl sites for hydroxylation is 3. The monoisotopic (exact) mass is 180 g/mol. The van der Waals surface area contributed by atoms with Gasteiger partial charge in [-0.3, -0.25) is 0 Å². The molecule has 74 valence electrons. The van der Waals surface area contributed by atoms with Crippen molar-refractivity contribution in [2.24, 2.45) is 5.73 Å². The quantitative estimate of drug-likeness (QED) is 0.736. The smallest absolute Gasteiger partial charge is 0.0150 e. The Morgan fingerprint density at radius 2 is 2.00 bits per heavy atom. The minimum Gasteiger partial charge on any atom is -0.362 e. The number of H-pyrrole nitrogens is 1. The standard InChI is InChI=1S/C11H20N2/c1-8-7-10(9(2)13-8)5-6-11(3,4)12/h7,13H,5-6,12H2,1-4H3. The minimum atomic E-state index is -0.0579. The molecule has 0 aliphatic heterocycles. The summed E-state index contributed by atoms with van der Waals surface area (Å²) >= 11 is 0. The third kappa shape index (κ3) is 3.23. The third-order valence-electron chi connectivity index (χ3n) is 2.30. The van der Waals surface area contributed by atoms with Gasteiger partial charge in [-0.1, -0.05) is 0 Å². The molecule has 13 heavy (non-hydrogen) atoms. The second kappa shape index (κ2) is 3.54. The van der Waals surface area contributed by atoms with Gasteiger partial charge >= 0.3 is 0 Å². The van der Waals surface area contributed by atoms with Crippen LogP contribution in [0.3, 0.4) is 0 Å². The van der Waals surface area contributed by atoms with Gasteiger partial charge in [-0.2, -0.15) is 0 Å². The second-order valence-corrected chi connectivity index (χ2v) is 4.59. The Hall–Kier alpha value is -0.760. The molecule has 0 fully saturated rings. The predicted molar refractivity (Wildman–Crippen MR) is 56.9 cm³/mol. The number of nitrogens with one attached hydrogen (secondary N) is 1. The molecule has 0 unspecified atom stereocenters. The number of aromatic amines is 1. The molecule has 0 aromatic carbocycles. The van der Waals surface area contributed by atoms with Crippen molar-refractivity contribution < 1.29 is 0 Å². The van der Waals surface area contributed by atoms with E-state index >= 15 is 0 Å². The number of aromatic nitrogens is 1. The van der Waals surface area contributed by atoms with Gasteiger partial charge in [0, 0.05) is 16.9 Å². The van der Waals surface area contributed by atoms with Crippen LogP contribution >= 0.6 is 0 Å². The number of hydrogen-bond acceptors (Lipinski definition) is 1. The topological polar surface area (TPSA) is 41.8 Å². The fourth-order valence-electron chi connectivity index (χ4n) is 1.50. The Labute approximate surface area is 80.5 Å². The Morgan fingerprint density at radius 1 is 1.38 bits per heavy atom. The highest BCUT2D eigenvalue weighted by Crippen LogP contribution is 2.15. The third-order valence-corrected chi connectivity index (χ3v) is 2.30. The van der Waals surface area contributed by atoms with Gasteiger partial charge in [-0.05, 0) is 52.2 Å². The lowest BCUT2D eigenvalue weighted by Crippen LogP contribution is -2.32. The molecule has 0 aliphatic carbocycles. The molecule has 1 aromatic heterocycles. The van der Waals surface area contributed by atoms with Crippen LogP contribution in [0.25, 0.3) is 0 Å². The maximum atomic E-state index is 5.93. The lowest BCUT2D eigenvalue weighted by Gasteiger charge is -2.17. The van der Waals surface area contributed by atoms with Gasteiger partial charge in [0.25, 0.3) is 0 Å². The van der Waals surface area contributed by atoms with E-state index in [2.05, 4.69) is 38.7 Å². The molecule has 2 heteroatoms. The van der Waals surface area contributed by atoms with E-state index in [1.165, 1.54) is 17.0 Å². The summed E-state index contributed by atoms with van der Waals surface area (Å²) in [6, 6.07) is 2.21. The van der Waals surface area contributed by atoms with Crippen LogP contribution in [-0.2, 0) is 6.42 Å². The van der Waals surface area contributed by atoms with Crippen LogP contribution in [0.4, 0.5) is 0 Å². The first kappa shape index (κ1) is 10.3. The first-order valence-electron chi connectivity index (χ1n) is 4.82. The highest BCUT2D eigenvalue weighted by Gasteiger charge is 2.11. The molecular weight excluding hydrogens is 160 g/mol. The lowest BCUT2D eigenvalue weighted by atomic mass is 9.97. The van der Waals surface area contributed by atoms with Crippen molar-refractivity contribution in [3.8, 4) is 0 Å². The molecule has 2 nitrogen and oxygen atoms in total. The van der Waals surface area contributed by atoms with E-state index in [0.717, 1.165) is 12.8 Å². The second-order valence-electron chi connectivity index (χ2n) is 4.59. The van der Waals surface area contributed by atoms with E-state index in [4.69, 9.17) is 5.73 Å². The average Bonchev–Trinajstić information content (AvgIpc) is 2.24. The zero-order valence-electron chi connectivity index (χ0n) is 9.07. The summed E-state index contributed by atoms with van der Waals surface area (Å²) < 4.78 is 0. The van der Waals surface area contributed by atoms with Crippen molar-refractivity contribution in [3.05, 3.63) is 23.0 Å². The summed E-state index contributed by atoms with van der Waals surface area (Å²) in [7, 11) is 0. The van der Waals surface area contributed by atoms with E-state index in [0.29, 0.717) is 0 Å². The summed E-state index contributed by atoms with van der Waals surface area (Å²) in [5.41, 5.74) is 9.79. The van der Waals surface area contributed by atoms with Gasteiger partial charge in [-0.25, -0.2) is 0 Å². The minimum absolute atomic E-state index is 0.0579. The summed E-state index contributed by atoms with van der Waals surface area (Å²) in [6.45, 7) is 8.35. The highest BCUT2D eigenvalue weighted by molar-refractivity contribution is 5.24. The number of nitrogens with two attached hydrogens (primary N) is 1. The molecule has 1 heterocycles. The molecule has 0 saturated heterocycles. The van der Waals surface area contributed by atoms with Crippen LogP contribution in [0.1, 0.15) is 37.2 Å². The van der Waals surface area contributed by atoms with Crippen LogP contribution in [0, 0.1) is 13.8 Å². The van der Waals surface area contributed by atoms with Crippen LogP contribution in [0.5, 0.6) is 0 Å². The Bertz CT molecular complexity index is 279. The SMILES string of the molecule is Cc1cc(CCC(C)(C)N)c(C)[nH]1. The van der Waals surface area contributed by atoms with Crippen LogP contribution in [-0.4, -0.2) is 10.5 Å². The van der Waals surface area contributed by atoms with Gasteiger partial charge in [0.2, 0.25) is 0 Å². The van der Waals surface area contributed by atoms with Gasteiger partial charge < -0.3 is 10.7 Å². The number of rotatable bonds is 3. The fraction of sp³-hybridized carbons (Fsp3) is 0.636. The summed E-state index contributed by atoms with van der Waals surface area (Å²) in [6.07, 6.45) is 2.10. The molecule has 0 aliphatic rings. The molecule has 0 bridgehead atoms. The molecule has 0 atom stereocenters. The van der Waals surface area contributed by atoms with Crippen molar-refractivity contribution in [2.45, 2.75) is 46.1 Å². The number of hydrogen-bond donors (Lipinski definition) is 2. The molecule has 1 aromatic rings. The Morgan fingerprint density at radius 3 is 2.38 bits per heavy atom. The normalized spacial score (nSPS) is 12.1. The largest absolute Gasteiger partial charge is 0.362 e. The molecule has 3 N–H and O–H groups in total. The Kier molecular flexibility index (Phi) is 2.81. The fourth-order valence-corrected chi connectivity index (χ4v) is 1.50. The van der Waals surface area contributed by atoms with Crippen LogP contribution in [0.15, 0.2) is 6.07 Å². The van der Waals surface area contributed by atoms with Crippen LogP contribution in [0.2, 0.25) is 0 Å². The maximum absolute atomic E-state index is 5.93. The van der Waals surface area contributed by atoms with Crippen molar-refractivity contribution in [1.82, 2.24) is 4.98 Å². The van der Waals surface area contributed by atoms with Gasteiger partial charge in [-0.15, -0.1) is 0 Å². The molecule has 0 spiro atoms. The molecule has 0 saturated carbocycles. The summed E-state index contributed by atoms with van der Waals surface area (Å²) in [5.74, 6) is 0. The first-order valence-corrected chi connectivity index (χ1v) is 4.82. The first-order chi connectivity index (χ1) is 5.88. The zero-order valence-corrected chi connectivity index (χ0v) is 9.07.